The minimum absolute atomic E-state index is 0.180. The van der Waals surface area contributed by atoms with Gasteiger partial charge in [-0.1, -0.05) is 46.3 Å². The van der Waals surface area contributed by atoms with Crippen LogP contribution in [-0.2, 0) is 6.42 Å². The van der Waals surface area contributed by atoms with Crippen molar-refractivity contribution in [3.8, 4) is 0 Å². The fourth-order valence-corrected chi connectivity index (χ4v) is 3.37. The van der Waals surface area contributed by atoms with Crippen molar-refractivity contribution in [3.63, 3.8) is 0 Å². The maximum absolute atomic E-state index is 6.22. The van der Waals surface area contributed by atoms with Gasteiger partial charge >= 0.3 is 0 Å². The van der Waals surface area contributed by atoms with E-state index >= 15 is 0 Å². The van der Waals surface area contributed by atoms with Gasteiger partial charge in [0.15, 0.2) is 0 Å². The third-order valence-electron chi connectivity index (χ3n) is 2.93. The van der Waals surface area contributed by atoms with Gasteiger partial charge < -0.3 is 5.73 Å². The molecule has 2 aromatic carbocycles. The van der Waals surface area contributed by atoms with Crippen molar-refractivity contribution >= 4 is 27.7 Å². The quantitative estimate of drug-likeness (QED) is 0.818. The molecule has 1 nitrogen and oxygen atoms in total. The van der Waals surface area contributed by atoms with E-state index in [0.717, 1.165) is 16.6 Å². The minimum Gasteiger partial charge on any atom is -0.327 e. The molecule has 2 rings (SSSR count). The van der Waals surface area contributed by atoms with Gasteiger partial charge in [0.1, 0.15) is 0 Å². The van der Waals surface area contributed by atoms with Crippen LogP contribution >= 0.6 is 27.7 Å². The van der Waals surface area contributed by atoms with Gasteiger partial charge in [-0.05, 0) is 42.7 Å². The summed E-state index contributed by atoms with van der Waals surface area (Å²) in [4.78, 5) is 1.33. The van der Waals surface area contributed by atoms with Crippen LogP contribution in [0.15, 0.2) is 57.9 Å². The maximum Gasteiger partial charge on any atom is 0.0178 e. The summed E-state index contributed by atoms with van der Waals surface area (Å²) in [6.45, 7) is 2.14. The molecule has 0 aliphatic heterocycles. The van der Waals surface area contributed by atoms with E-state index in [9.17, 15) is 0 Å². The monoisotopic (exact) mass is 335 g/mol. The smallest absolute Gasteiger partial charge is 0.0178 e. The second-order valence-corrected chi connectivity index (χ2v) is 6.65. The van der Waals surface area contributed by atoms with E-state index in [1.165, 1.54) is 16.0 Å². The van der Waals surface area contributed by atoms with Crippen LogP contribution in [0, 0.1) is 6.92 Å². The summed E-state index contributed by atoms with van der Waals surface area (Å²) >= 11 is 5.33. The molecule has 0 aliphatic rings. The van der Waals surface area contributed by atoms with Crippen LogP contribution in [0.2, 0.25) is 0 Å². The average molecular weight is 336 g/mol. The minimum atomic E-state index is 0.180. The first-order valence-corrected chi connectivity index (χ1v) is 8.11. The first-order chi connectivity index (χ1) is 9.15. The highest BCUT2D eigenvalue weighted by Crippen LogP contribution is 2.23. The van der Waals surface area contributed by atoms with E-state index in [1.54, 1.807) is 0 Å². The van der Waals surface area contributed by atoms with Crippen LogP contribution in [-0.4, -0.2) is 11.8 Å². The molecule has 0 aromatic heterocycles. The normalized spacial score (nSPS) is 12.4. The van der Waals surface area contributed by atoms with Crippen molar-refractivity contribution in [1.82, 2.24) is 0 Å². The van der Waals surface area contributed by atoms with Crippen LogP contribution in [0.3, 0.4) is 0 Å². The largest absolute Gasteiger partial charge is 0.327 e. The van der Waals surface area contributed by atoms with Crippen molar-refractivity contribution in [2.45, 2.75) is 24.3 Å². The molecule has 1 atom stereocenters. The summed E-state index contributed by atoms with van der Waals surface area (Å²) in [5.74, 6) is 0.942. The lowest BCUT2D eigenvalue weighted by molar-refractivity contribution is 0.748. The second-order valence-electron chi connectivity index (χ2n) is 4.67. The first kappa shape index (κ1) is 14.6. The summed E-state index contributed by atoms with van der Waals surface area (Å²) < 4.78 is 1.11. The van der Waals surface area contributed by atoms with Gasteiger partial charge in [0.05, 0.1) is 0 Å². The van der Waals surface area contributed by atoms with Crippen LogP contribution in [0.5, 0.6) is 0 Å². The average Bonchev–Trinajstić information content (AvgIpc) is 2.38. The molecule has 1 unspecified atom stereocenters. The van der Waals surface area contributed by atoms with Crippen LogP contribution in [0.1, 0.15) is 11.1 Å². The third-order valence-corrected chi connectivity index (χ3v) is 4.79. The Balaban J connectivity index is 1.88. The Kier molecular flexibility index (Phi) is 5.49. The highest BCUT2D eigenvalue weighted by molar-refractivity contribution is 9.10. The Morgan fingerprint density at radius 2 is 1.95 bits per heavy atom. The van der Waals surface area contributed by atoms with Gasteiger partial charge in [0, 0.05) is 21.2 Å². The lowest BCUT2D eigenvalue weighted by Crippen LogP contribution is -2.25. The number of halogens is 1. The number of hydrogen-bond acceptors (Lipinski definition) is 2. The molecule has 0 saturated heterocycles. The number of benzene rings is 2. The highest BCUT2D eigenvalue weighted by Gasteiger charge is 2.06. The molecule has 3 heteroatoms. The predicted octanol–water partition coefficient (Wildman–Crippen LogP) is 4.42. The fourth-order valence-electron chi connectivity index (χ4n) is 1.94. The summed E-state index contributed by atoms with van der Waals surface area (Å²) in [7, 11) is 0. The fraction of sp³-hybridized carbons (Fsp3) is 0.250. The molecule has 0 bridgehead atoms. The lowest BCUT2D eigenvalue weighted by atomic mass is 10.1. The molecular formula is C16H18BrNS. The summed E-state index contributed by atoms with van der Waals surface area (Å²) in [6, 6.07) is 17.0. The zero-order valence-electron chi connectivity index (χ0n) is 11.0. The van der Waals surface area contributed by atoms with Gasteiger partial charge in [-0.2, -0.15) is 0 Å². The Bertz CT molecular complexity index is 542. The molecule has 0 aliphatic carbocycles. The summed E-state index contributed by atoms with van der Waals surface area (Å²) in [5, 5.41) is 0. The molecule has 19 heavy (non-hydrogen) atoms. The zero-order valence-corrected chi connectivity index (χ0v) is 13.4. The number of nitrogens with two attached hydrogens (primary N) is 1. The Labute approximate surface area is 127 Å². The van der Waals surface area contributed by atoms with Gasteiger partial charge in [-0.25, -0.2) is 0 Å². The molecule has 2 aromatic rings. The number of aryl methyl sites for hydroxylation is 1. The second kappa shape index (κ2) is 7.13. The van der Waals surface area contributed by atoms with Gasteiger partial charge in [-0.15, -0.1) is 11.8 Å². The van der Waals surface area contributed by atoms with Crippen molar-refractivity contribution in [3.05, 3.63) is 64.1 Å². The van der Waals surface area contributed by atoms with E-state index in [1.807, 2.05) is 17.8 Å². The number of rotatable bonds is 5. The van der Waals surface area contributed by atoms with Crippen LogP contribution in [0.25, 0.3) is 0 Å². The molecule has 100 valence electrons. The van der Waals surface area contributed by atoms with Crippen LogP contribution < -0.4 is 5.73 Å². The van der Waals surface area contributed by atoms with Crippen molar-refractivity contribution in [1.29, 1.82) is 0 Å². The molecule has 0 radical (unpaired) electrons. The van der Waals surface area contributed by atoms with E-state index < -0.39 is 0 Å². The SMILES string of the molecule is Cc1ccccc1SCC(N)Cc1cccc(Br)c1. The van der Waals surface area contributed by atoms with Gasteiger partial charge in [-0.3, -0.25) is 0 Å². The summed E-state index contributed by atoms with van der Waals surface area (Å²) in [5.41, 5.74) is 8.82. The molecule has 2 N–H and O–H groups in total. The van der Waals surface area contributed by atoms with Gasteiger partial charge in [0.2, 0.25) is 0 Å². The first-order valence-electron chi connectivity index (χ1n) is 6.33. The zero-order chi connectivity index (χ0) is 13.7. The van der Waals surface area contributed by atoms with E-state index in [2.05, 4.69) is 65.3 Å². The molecule has 0 spiro atoms. The van der Waals surface area contributed by atoms with Crippen molar-refractivity contribution in [2.75, 3.05) is 5.75 Å². The third kappa shape index (κ3) is 4.68. The van der Waals surface area contributed by atoms with Crippen LogP contribution in [0.4, 0.5) is 0 Å². The molecule has 0 fully saturated rings. The number of thioether (sulfide) groups is 1. The molecule has 0 amide bonds. The standard InChI is InChI=1S/C16H18BrNS/c1-12-5-2-3-8-16(12)19-11-15(18)10-13-6-4-7-14(17)9-13/h2-9,15H,10-11,18H2,1H3. The number of hydrogen-bond donors (Lipinski definition) is 1. The van der Waals surface area contributed by atoms with E-state index in [-0.39, 0.29) is 6.04 Å². The Hall–Kier alpha value is -0.770. The van der Waals surface area contributed by atoms with Gasteiger partial charge in [0.25, 0.3) is 0 Å². The molecule has 0 heterocycles. The highest BCUT2D eigenvalue weighted by atomic mass is 79.9. The van der Waals surface area contributed by atoms with Crippen molar-refractivity contribution in [2.24, 2.45) is 5.73 Å². The summed E-state index contributed by atoms with van der Waals surface area (Å²) in [6.07, 6.45) is 0.915. The van der Waals surface area contributed by atoms with E-state index in [4.69, 9.17) is 5.73 Å². The molecule has 0 saturated carbocycles. The topological polar surface area (TPSA) is 26.0 Å². The maximum atomic E-state index is 6.22. The Morgan fingerprint density at radius 3 is 2.68 bits per heavy atom. The molecular weight excluding hydrogens is 318 g/mol. The van der Waals surface area contributed by atoms with E-state index in [0.29, 0.717) is 0 Å². The lowest BCUT2D eigenvalue weighted by Gasteiger charge is -2.12. The Morgan fingerprint density at radius 1 is 1.16 bits per heavy atom. The predicted molar refractivity (Wildman–Crippen MR) is 87.7 cm³/mol. The van der Waals surface area contributed by atoms with Crippen molar-refractivity contribution < 1.29 is 0 Å².